The lowest BCUT2D eigenvalue weighted by Gasteiger charge is -2.25. The highest BCUT2D eigenvalue weighted by Crippen LogP contribution is 2.43. The quantitative estimate of drug-likeness (QED) is 0.737. The predicted molar refractivity (Wildman–Crippen MR) is 107 cm³/mol. The second-order valence-electron chi connectivity index (χ2n) is 6.20. The minimum atomic E-state index is -3.62. The van der Waals surface area contributed by atoms with E-state index < -0.39 is 15.9 Å². The first-order valence-electron chi connectivity index (χ1n) is 8.19. The van der Waals surface area contributed by atoms with Crippen molar-refractivity contribution in [1.82, 2.24) is 9.62 Å². The number of rotatable bonds is 6. The zero-order valence-electron chi connectivity index (χ0n) is 15.1. The van der Waals surface area contributed by atoms with Crippen molar-refractivity contribution in [2.75, 3.05) is 31.3 Å². The largest absolute Gasteiger partial charge is 0.350 e. The van der Waals surface area contributed by atoms with Crippen molar-refractivity contribution in [2.24, 2.45) is 0 Å². The number of halogens is 1. The van der Waals surface area contributed by atoms with E-state index in [1.807, 2.05) is 0 Å². The molecule has 1 aromatic carbocycles. The lowest BCUT2D eigenvalue weighted by molar-refractivity contribution is -0.123. The van der Waals surface area contributed by atoms with Crippen molar-refractivity contribution >= 4 is 50.6 Å². The Labute approximate surface area is 170 Å². The van der Waals surface area contributed by atoms with E-state index >= 15 is 0 Å². The van der Waals surface area contributed by atoms with Gasteiger partial charge in [0.2, 0.25) is 11.8 Å². The van der Waals surface area contributed by atoms with Crippen LogP contribution < -0.4 is 10.2 Å². The molecule has 7 nitrogen and oxygen atoms in total. The van der Waals surface area contributed by atoms with Crippen LogP contribution in [0, 0.1) is 5.82 Å². The first-order valence-corrected chi connectivity index (χ1v) is 11.4. The summed E-state index contributed by atoms with van der Waals surface area (Å²) in [6.45, 7) is -0.0155. The number of nitrogens with zero attached hydrogens (tertiary/aromatic N) is 2. The molecular weight excluding hydrogens is 425 g/mol. The average Bonchev–Trinajstić information content (AvgIpc) is 3.09. The van der Waals surface area contributed by atoms with Crippen LogP contribution in [0.5, 0.6) is 0 Å². The number of thiophene rings is 1. The number of hydrogen-bond acceptors (Lipinski definition) is 6. The standard InChI is InChI=1S/C17H18FN3O4S3/c1-20(2)28(24,25)16-7-13-17(27-16)26-10-15(23)21(13)9-14(22)19-8-11-3-5-12(18)6-4-11/h3-7H,8-10H2,1-2H3,(H,19,22). The number of amides is 2. The number of carbonyl (C=O) groups excluding carboxylic acids is 2. The Balaban J connectivity index is 1.74. The van der Waals surface area contributed by atoms with Gasteiger partial charge in [0.05, 0.1) is 15.6 Å². The van der Waals surface area contributed by atoms with Crippen LogP contribution in [-0.2, 0) is 26.2 Å². The van der Waals surface area contributed by atoms with Crippen molar-refractivity contribution in [3.05, 3.63) is 41.7 Å². The zero-order valence-corrected chi connectivity index (χ0v) is 17.6. The van der Waals surface area contributed by atoms with Crippen molar-refractivity contribution in [2.45, 2.75) is 15.0 Å². The van der Waals surface area contributed by atoms with E-state index in [4.69, 9.17) is 0 Å². The van der Waals surface area contributed by atoms with Crippen molar-refractivity contribution in [1.29, 1.82) is 0 Å². The molecule has 1 N–H and O–H groups in total. The molecule has 0 spiro atoms. The molecule has 1 aliphatic heterocycles. The van der Waals surface area contributed by atoms with E-state index in [1.165, 1.54) is 49.0 Å². The minimum absolute atomic E-state index is 0.126. The molecule has 0 fully saturated rings. The molecule has 0 radical (unpaired) electrons. The van der Waals surface area contributed by atoms with Gasteiger partial charge in [-0.2, -0.15) is 0 Å². The number of anilines is 1. The molecule has 0 aliphatic carbocycles. The van der Waals surface area contributed by atoms with Gasteiger partial charge < -0.3 is 10.2 Å². The van der Waals surface area contributed by atoms with Crippen LogP contribution in [-0.4, -0.2) is 50.9 Å². The first kappa shape index (κ1) is 20.8. The Kier molecular flexibility index (Phi) is 6.08. The van der Waals surface area contributed by atoms with Gasteiger partial charge in [0, 0.05) is 20.6 Å². The van der Waals surface area contributed by atoms with E-state index in [2.05, 4.69) is 5.32 Å². The first-order chi connectivity index (χ1) is 13.2. The Morgan fingerprint density at radius 1 is 1.29 bits per heavy atom. The second kappa shape index (κ2) is 8.19. The average molecular weight is 444 g/mol. The maximum Gasteiger partial charge on any atom is 0.252 e. The molecule has 3 rings (SSSR count). The highest BCUT2D eigenvalue weighted by atomic mass is 32.3. The fraction of sp³-hybridized carbons (Fsp3) is 0.294. The number of sulfonamides is 1. The molecule has 0 unspecified atom stereocenters. The lowest BCUT2D eigenvalue weighted by Crippen LogP contribution is -2.42. The fourth-order valence-electron chi connectivity index (χ4n) is 2.46. The molecule has 1 aromatic heterocycles. The van der Waals surface area contributed by atoms with E-state index in [0.29, 0.717) is 9.90 Å². The van der Waals surface area contributed by atoms with Gasteiger partial charge in [-0.1, -0.05) is 12.1 Å². The molecule has 2 heterocycles. The molecule has 0 saturated heterocycles. The summed E-state index contributed by atoms with van der Waals surface area (Å²) in [4.78, 5) is 25.9. The Hall–Kier alpha value is -1.95. The number of thioether (sulfide) groups is 1. The molecule has 1 aliphatic rings. The molecule has 2 amide bonds. The molecule has 11 heteroatoms. The monoisotopic (exact) mass is 443 g/mol. The van der Waals surface area contributed by atoms with Gasteiger partial charge in [-0.05, 0) is 23.8 Å². The normalized spacial score (nSPS) is 14.3. The molecule has 0 atom stereocenters. The molecule has 28 heavy (non-hydrogen) atoms. The van der Waals surface area contributed by atoms with E-state index in [-0.39, 0.29) is 34.8 Å². The number of hydrogen-bond donors (Lipinski definition) is 1. The summed E-state index contributed by atoms with van der Waals surface area (Å²) in [5.74, 6) is -0.875. The third-order valence-corrected chi connectivity index (χ3v) is 8.66. The predicted octanol–water partition coefficient (Wildman–Crippen LogP) is 1.89. The van der Waals surface area contributed by atoms with Crippen LogP contribution in [0.1, 0.15) is 5.56 Å². The van der Waals surface area contributed by atoms with Crippen LogP contribution in [0.2, 0.25) is 0 Å². The number of benzene rings is 1. The summed E-state index contributed by atoms with van der Waals surface area (Å²) in [6.07, 6.45) is 0. The molecule has 0 saturated carbocycles. The second-order valence-corrected chi connectivity index (χ2v) is 10.9. The smallest absolute Gasteiger partial charge is 0.252 e. The van der Waals surface area contributed by atoms with Crippen LogP contribution in [0.15, 0.2) is 38.8 Å². The molecule has 0 bridgehead atoms. The summed E-state index contributed by atoms with van der Waals surface area (Å²) in [7, 11) is -0.746. The molecule has 150 valence electrons. The van der Waals surface area contributed by atoms with Gasteiger partial charge in [-0.25, -0.2) is 17.1 Å². The summed E-state index contributed by atoms with van der Waals surface area (Å²) >= 11 is 2.35. The van der Waals surface area contributed by atoms with Crippen LogP contribution in [0.25, 0.3) is 0 Å². The fourth-order valence-corrected chi connectivity index (χ4v) is 6.39. The maximum absolute atomic E-state index is 12.9. The maximum atomic E-state index is 12.9. The van der Waals surface area contributed by atoms with Crippen molar-refractivity contribution in [3.63, 3.8) is 0 Å². The van der Waals surface area contributed by atoms with Crippen LogP contribution in [0.3, 0.4) is 0 Å². The van der Waals surface area contributed by atoms with Crippen molar-refractivity contribution in [3.8, 4) is 0 Å². The van der Waals surface area contributed by atoms with Gasteiger partial charge in [0.25, 0.3) is 10.0 Å². The number of carbonyl (C=O) groups is 2. The van der Waals surface area contributed by atoms with Gasteiger partial charge in [0.15, 0.2) is 0 Å². The highest BCUT2D eigenvalue weighted by Gasteiger charge is 2.32. The van der Waals surface area contributed by atoms with E-state index in [1.54, 1.807) is 12.1 Å². The van der Waals surface area contributed by atoms with Crippen molar-refractivity contribution < 1.29 is 22.4 Å². The van der Waals surface area contributed by atoms with Gasteiger partial charge in [-0.3, -0.25) is 9.59 Å². The SMILES string of the molecule is CN(C)S(=O)(=O)c1cc2c(s1)SCC(=O)N2CC(=O)NCc1ccc(F)cc1. The van der Waals surface area contributed by atoms with Gasteiger partial charge >= 0.3 is 0 Å². The van der Waals surface area contributed by atoms with Crippen LogP contribution >= 0.6 is 23.1 Å². The summed E-state index contributed by atoms with van der Waals surface area (Å²) in [6, 6.07) is 7.17. The Bertz CT molecular complexity index is 1000. The minimum Gasteiger partial charge on any atom is -0.350 e. The van der Waals surface area contributed by atoms with E-state index in [9.17, 15) is 22.4 Å². The Morgan fingerprint density at radius 2 is 1.96 bits per heavy atom. The topological polar surface area (TPSA) is 86.8 Å². The third-order valence-electron chi connectivity index (χ3n) is 4.02. The molecule has 2 aromatic rings. The summed E-state index contributed by atoms with van der Waals surface area (Å²) < 4.78 is 39.6. The zero-order chi connectivity index (χ0) is 20.5. The Morgan fingerprint density at radius 3 is 2.61 bits per heavy atom. The van der Waals surface area contributed by atoms with Crippen LogP contribution in [0.4, 0.5) is 10.1 Å². The highest BCUT2D eigenvalue weighted by molar-refractivity contribution is 8.02. The number of fused-ring (bicyclic) bond motifs is 1. The summed E-state index contributed by atoms with van der Waals surface area (Å²) in [5.41, 5.74) is 1.16. The summed E-state index contributed by atoms with van der Waals surface area (Å²) in [5, 5.41) is 2.69. The number of nitrogens with one attached hydrogen (secondary N) is 1. The lowest BCUT2D eigenvalue weighted by atomic mass is 10.2. The van der Waals surface area contributed by atoms with Gasteiger partial charge in [-0.15, -0.1) is 23.1 Å². The van der Waals surface area contributed by atoms with E-state index in [0.717, 1.165) is 21.2 Å². The third kappa shape index (κ3) is 4.37. The van der Waals surface area contributed by atoms with Gasteiger partial charge in [0.1, 0.15) is 16.6 Å². The molecular formula is C17H18FN3O4S3.